The van der Waals surface area contributed by atoms with E-state index in [9.17, 15) is 4.79 Å². The van der Waals surface area contributed by atoms with Crippen LogP contribution < -0.4 is 5.32 Å². The second kappa shape index (κ2) is 8.28. The Balaban J connectivity index is 1.35. The van der Waals surface area contributed by atoms with Crippen LogP contribution in [0.1, 0.15) is 27.2 Å². The Hall–Kier alpha value is -3.97. The van der Waals surface area contributed by atoms with Gasteiger partial charge in [-0.15, -0.1) is 0 Å². The molecule has 0 saturated carbocycles. The molecule has 3 aromatic heterocycles. The van der Waals surface area contributed by atoms with E-state index in [0.717, 1.165) is 28.0 Å². The molecule has 1 N–H and O–H groups in total. The summed E-state index contributed by atoms with van der Waals surface area (Å²) < 4.78 is 0. The number of aliphatic imine (C=N–C) groups is 1. The van der Waals surface area contributed by atoms with E-state index < -0.39 is 0 Å². The first-order valence-corrected chi connectivity index (χ1v) is 10.3. The van der Waals surface area contributed by atoms with Crippen LogP contribution in [-0.4, -0.2) is 31.6 Å². The summed E-state index contributed by atoms with van der Waals surface area (Å²) in [5, 5.41) is 3.45. The molecule has 0 unspecified atom stereocenters. The molecule has 1 amide bonds. The zero-order chi connectivity index (χ0) is 22.1. The number of benzene rings is 1. The molecular formula is C24H17ClN6O. The lowest BCUT2D eigenvalue weighted by molar-refractivity contribution is 0.102. The number of amides is 1. The number of anilines is 1. The van der Waals surface area contributed by atoms with E-state index in [-0.39, 0.29) is 5.91 Å². The molecule has 0 atom stereocenters. The third-order valence-corrected chi connectivity index (χ3v) is 5.40. The van der Waals surface area contributed by atoms with E-state index in [0.29, 0.717) is 34.3 Å². The minimum Gasteiger partial charge on any atom is -0.321 e. The number of nitrogens with zero attached hydrogens (tertiary/aromatic N) is 5. The number of nitrogens with one attached hydrogen (secondary N) is 1. The number of aromatic nitrogens is 4. The number of hydrogen-bond donors (Lipinski definition) is 1. The van der Waals surface area contributed by atoms with Crippen molar-refractivity contribution in [2.24, 2.45) is 4.99 Å². The lowest BCUT2D eigenvalue weighted by Crippen LogP contribution is -2.14. The SMILES string of the molecule is Cc1cnc2c(c1)CC(c1cc(NC(=O)c3ccc(-c4cnccn4)cn3)ccc1Cl)=N2. The maximum Gasteiger partial charge on any atom is 0.274 e. The molecule has 4 heterocycles. The number of rotatable bonds is 4. The van der Waals surface area contributed by atoms with Crippen molar-refractivity contribution in [1.29, 1.82) is 0 Å². The van der Waals surface area contributed by atoms with Crippen LogP contribution in [0.25, 0.3) is 11.3 Å². The first-order chi connectivity index (χ1) is 15.6. The van der Waals surface area contributed by atoms with Gasteiger partial charge in [0.05, 0.1) is 17.6 Å². The lowest BCUT2D eigenvalue weighted by Gasteiger charge is -2.09. The molecule has 5 rings (SSSR count). The van der Waals surface area contributed by atoms with Crippen molar-refractivity contribution in [3.05, 3.63) is 94.8 Å². The molecule has 0 bridgehead atoms. The Morgan fingerprint density at radius 1 is 1.00 bits per heavy atom. The molecule has 0 aliphatic carbocycles. The maximum absolute atomic E-state index is 12.7. The van der Waals surface area contributed by atoms with Gasteiger partial charge >= 0.3 is 0 Å². The summed E-state index contributed by atoms with van der Waals surface area (Å²) in [7, 11) is 0. The highest BCUT2D eigenvalue weighted by Gasteiger charge is 2.20. The number of halogens is 1. The van der Waals surface area contributed by atoms with E-state index in [2.05, 4.69) is 36.3 Å². The van der Waals surface area contributed by atoms with Crippen LogP contribution >= 0.6 is 11.6 Å². The van der Waals surface area contributed by atoms with E-state index >= 15 is 0 Å². The number of pyridine rings is 2. The summed E-state index contributed by atoms with van der Waals surface area (Å²) in [4.78, 5) is 34.3. The summed E-state index contributed by atoms with van der Waals surface area (Å²) in [6.45, 7) is 2.00. The molecule has 1 aliphatic rings. The van der Waals surface area contributed by atoms with Crippen molar-refractivity contribution in [2.45, 2.75) is 13.3 Å². The van der Waals surface area contributed by atoms with Crippen molar-refractivity contribution in [1.82, 2.24) is 19.9 Å². The molecule has 7 nitrogen and oxygen atoms in total. The highest BCUT2D eigenvalue weighted by Crippen LogP contribution is 2.31. The topological polar surface area (TPSA) is 93.0 Å². The predicted octanol–water partition coefficient (Wildman–Crippen LogP) is 4.82. The largest absolute Gasteiger partial charge is 0.321 e. The highest BCUT2D eigenvalue weighted by atomic mass is 35.5. The van der Waals surface area contributed by atoms with Gasteiger partial charge in [-0.25, -0.2) is 9.98 Å². The Labute approximate surface area is 189 Å². The zero-order valence-electron chi connectivity index (χ0n) is 17.1. The van der Waals surface area contributed by atoms with Crippen molar-refractivity contribution >= 4 is 34.7 Å². The molecule has 32 heavy (non-hydrogen) atoms. The molecule has 0 spiro atoms. The fraction of sp³-hybridized carbons (Fsp3) is 0.0833. The summed E-state index contributed by atoms with van der Waals surface area (Å²) in [6.07, 6.45) is 8.90. The Kier molecular flexibility index (Phi) is 5.17. The van der Waals surface area contributed by atoms with Crippen LogP contribution in [0, 0.1) is 6.92 Å². The van der Waals surface area contributed by atoms with Gasteiger partial charge in [0.1, 0.15) is 5.69 Å². The fourth-order valence-corrected chi connectivity index (χ4v) is 3.73. The summed E-state index contributed by atoms with van der Waals surface area (Å²) in [6, 6.07) is 10.9. The van der Waals surface area contributed by atoms with Crippen LogP contribution in [-0.2, 0) is 6.42 Å². The van der Waals surface area contributed by atoms with Gasteiger partial charge in [0, 0.05) is 58.6 Å². The molecule has 0 radical (unpaired) electrons. The minimum absolute atomic E-state index is 0.291. The van der Waals surface area contributed by atoms with Crippen LogP contribution in [0.2, 0.25) is 5.02 Å². The van der Waals surface area contributed by atoms with Gasteiger partial charge in [-0.2, -0.15) is 0 Å². The molecule has 1 aromatic carbocycles. The number of hydrogen-bond acceptors (Lipinski definition) is 6. The van der Waals surface area contributed by atoms with Crippen LogP contribution in [0.4, 0.5) is 11.5 Å². The van der Waals surface area contributed by atoms with Gasteiger partial charge in [-0.3, -0.25) is 19.7 Å². The van der Waals surface area contributed by atoms with E-state index in [1.54, 1.807) is 55.2 Å². The quantitative estimate of drug-likeness (QED) is 0.490. The molecule has 0 saturated heterocycles. The molecular weight excluding hydrogens is 424 g/mol. The fourth-order valence-electron chi connectivity index (χ4n) is 3.50. The third kappa shape index (κ3) is 3.98. The number of carbonyl (C=O) groups excluding carboxylic acids is 1. The van der Waals surface area contributed by atoms with Crippen molar-refractivity contribution < 1.29 is 4.79 Å². The zero-order valence-corrected chi connectivity index (χ0v) is 17.8. The highest BCUT2D eigenvalue weighted by molar-refractivity contribution is 6.34. The average molecular weight is 441 g/mol. The van der Waals surface area contributed by atoms with Crippen LogP contribution in [0.5, 0.6) is 0 Å². The minimum atomic E-state index is -0.321. The number of carbonyl (C=O) groups is 1. The van der Waals surface area contributed by atoms with Gasteiger partial charge in [0.15, 0.2) is 5.82 Å². The second-order valence-electron chi connectivity index (χ2n) is 7.40. The number of aryl methyl sites for hydroxylation is 1. The van der Waals surface area contributed by atoms with E-state index in [4.69, 9.17) is 11.6 Å². The van der Waals surface area contributed by atoms with Gasteiger partial charge in [-0.1, -0.05) is 17.7 Å². The van der Waals surface area contributed by atoms with Crippen molar-refractivity contribution in [3.63, 3.8) is 0 Å². The maximum atomic E-state index is 12.7. The number of fused-ring (bicyclic) bond motifs is 1. The Bertz CT molecular complexity index is 1350. The van der Waals surface area contributed by atoms with Crippen molar-refractivity contribution in [3.8, 4) is 11.3 Å². The summed E-state index contributed by atoms with van der Waals surface area (Å²) in [5.74, 6) is 0.390. The molecule has 1 aliphatic heterocycles. The third-order valence-electron chi connectivity index (χ3n) is 5.07. The first-order valence-electron chi connectivity index (χ1n) is 9.93. The first kappa shape index (κ1) is 20.0. The van der Waals surface area contributed by atoms with E-state index in [1.807, 2.05) is 13.0 Å². The van der Waals surface area contributed by atoms with Gasteiger partial charge in [-0.05, 0) is 42.8 Å². The lowest BCUT2D eigenvalue weighted by atomic mass is 10.0. The smallest absolute Gasteiger partial charge is 0.274 e. The summed E-state index contributed by atoms with van der Waals surface area (Å²) in [5.41, 5.74) is 6.12. The van der Waals surface area contributed by atoms with Crippen LogP contribution in [0.15, 0.2) is 72.4 Å². The van der Waals surface area contributed by atoms with E-state index in [1.165, 1.54) is 0 Å². The monoisotopic (exact) mass is 440 g/mol. The second-order valence-corrected chi connectivity index (χ2v) is 7.81. The van der Waals surface area contributed by atoms with Gasteiger partial charge < -0.3 is 5.32 Å². The van der Waals surface area contributed by atoms with Gasteiger partial charge in [0.25, 0.3) is 5.91 Å². The molecule has 0 fully saturated rings. The predicted molar refractivity (Wildman–Crippen MR) is 124 cm³/mol. The van der Waals surface area contributed by atoms with Crippen LogP contribution in [0.3, 0.4) is 0 Å². The standard InChI is InChI=1S/C24H17ClN6O/c1-14-8-16-9-21(31-23(16)29-11-14)18-10-17(3-4-19(18)25)30-24(32)20-5-2-15(12-28-20)22-13-26-6-7-27-22/h2-8,10-13H,9H2,1H3,(H,30,32). The average Bonchev–Trinajstić information content (AvgIpc) is 3.24. The molecule has 8 heteroatoms. The Morgan fingerprint density at radius 2 is 1.91 bits per heavy atom. The molecule has 4 aromatic rings. The normalized spacial score (nSPS) is 12.2. The Morgan fingerprint density at radius 3 is 2.69 bits per heavy atom. The summed E-state index contributed by atoms with van der Waals surface area (Å²) >= 11 is 6.44. The van der Waals surface area contributed by atoms with Crippen molar-refractivity contribution in [2.75, 3.05) is 5.32 Å². The van der Waals surface area contributed by atoms with Gasteiger partial charge in [0.2, 0.25) is 0 Å². The molecule has 156 valence electrons.